The van der Waals surface area contributed by atoms with E-state index < -0.39 is 0 Å². The Kier molecular flexibility index (Phi) is 6.76. The van der Waals surface area contributed by atoms with Crippen LogP contribution in [0, 0.1) is 6.92 Å². The molecule has 1 amide bonds. The van der Waals surface area contributed by atoms with Gasteiger partial charge in [0.25, 0.3) is 0 Å². The predicted molar refractivity (Wildman–Crippen MR) is 98.0 cm³/mol. The molecule has 0 aromatic carbocycles. The molecule has 1 atom stereocenters. The lowest BCUT2D eigenvalue weighted by Gasteiger charge is -2.31. The minimum absolute atomic E-state index is 0.0326. The highest BCUT2D eigenvalue weighted by Crippen LogP contribution is 2.25. The van der Waals surface area contributed by atoms with E-state index in [4.69, 9.17) is 0 Å². The second-order valence-corrected chi connectivity index (χ2v) is 6.73. The van der Waals surface area contributed by atoms with Gasteiger partial charge in [0, 0.05) is 37.0 Å². The zero-order valence-corrected chi connectivity index (χ0v) is 15.2. The van der Waals surface area contributed by atoms with E-state index in [1.807, 2.05) is 20.0 Å². The number of allylic oxidation sites excluding steroid dienone is 1. The SMILES string of the molecule is C=CCCC(=O)N[C@@H](C)c1cnc(N(C)C2CCCCC2)nc1C. The van der Waals surface area contributed by atoms with Crippen molar-refractivity contribution in [3.63, 3.8) is 0 Å². The van der Waals surface area contributed by atoms with Gasteiger partial charge in [-0.1, -0.05) is 25.3 Å². The molecule has 0 bridgehead atoms. The summed E-state index contributed by atoms with van der Waals surface area (Å²) in [5.74, 6) is 0.818. The lowest BCUT2D eigenvalue weighted by atomic mass is 9.95. The molecule has 0 spiro atoms. The van der Waals surface area contributed by atoms with Crippen LogP contribution >= 0.6 is 0 Å². The summed E-state index contributed by atoms with van der Waals surface area (Å²) in [4.78, 5) is 23.3. The topological polar surface area (TPSA) is 58.1 Å². The van der Waals surface area contributed by atoms with E-state index in [1.165, 1.54) is 32.1 Å². The predicted octanol–water partition coefficient (Wildman–Crippen LogP) is 3.70. The van der Waals surface area contributed by atoms with Gasteiger partial charge in [-0.15, -0.1) is 6.58 Å². The molecule has 24 heavy (non-hydrogen) atoms. The molecule has 1 fully saturated rings. The molecular weight excluding hydrogens is 300 g/mol. The van der Waals surface area contributed by atoms with Crippen LogP contribution in [0.15, 0.2) is 18.9 Å². The van der Waals surface area contributed by atoms with Gasteiger partial charge in [0.2, 0.25) is 11.9 Å². The van der Waals surface area contributed by atoms with Crippen molar-refractivity contribution in [2.75, 3.05) is 11.9 Å². The highest BCUT2D eigenvalue weighted by molar-refractivity contribution is 5.76. The van der Waals surface area contributed by atoms with Gasteiger partial charge in [0.05, 0.1) is 6.04 Å². The summed E-state index contributed by atoms with van der Waals surface area (Å²) in [6, 6.07) is 0.455. The number of hydrogen-bond acceptors (Lipinski definition) is 4. The average molecular weight is 330 g/mol. The van der Waals surface area contributed by atoms with Crippen LogP contribution in [-0.2, 0) is 4.79 Å². The van der Waals surface area contributed by atoms with Crippen LogP contribution < -0.4 is 10.2 Å². The van der Waals surface area contributed by atoms with Gasteiger partial charge in [-0.25, -0.2) is 9.97 Å². The maximum Gasteiger partial charge on any atom is 0.225 e. The largest absolute Gasteiger partial charge is 0.349 e. The summed E-state index contributed by atoms with van der Waals surface area (Å²) in [6.45, 7) is 7.61. The van der Waals surface area contributed by atoms with Crippen LogP contribution in [0.5, 0.6) is 0 Å². The number of nitrogens with zero attached hydrogens (tertiary/aromatic N) is 3. The van der Waals surface area contributed by atoms with Crippen LogP contribution in [0.3, 0.4) is 0 Å². The first-order valence-corrected chi connectivity index (χ1v) is 8.99. The second-order valence-electron chi connectivity index (χ2n) is 6.73. The highest BCUT2D eigenvalue weighted by atomic mass is 16.1. The van der Waals surface area contributed by atoms with E-state index in [2.05, 4.69) is 33.8 Å². The van der Waals surface area contributed by atoms with Gasteiger partial charge in [-0.05, 0) is 33.1 Å². The van der Waals surface area contributed by atoms with Crippen molar-refractivity contribution in [3.8, 4) is 0 Å². The molecule has 132 valence electrons. The molecule has 1 N–H and O–H groups in total. The molecule has 5 heteroatoms. The van der Waals surface area contributed by atoms with Crippen molar-refractivity contribution in [2.45, 2.75) is 70.9 Å². The average Bonchev–Trinajstić information content (AvgIpc) is 2.59. The summed E-state index contributed by atoms with van der Waals surface area (Å²) >= 11 is 0. The summed E-state index contributed by atoms with van der Waals surface area (Å²) in [7, 11) is 2.09. The zero-order chi connectivity index (χ0) is 17.5. The number of rotatable bonds is 7. The first-order chi connectivity index (χ1) is 11.5. The standard InChI is InChI=1S/C19H30N4O/c1-5-6-12-18(24)21-14(2)17-13-20-19(22-15(17)3)23(4)16-10-8-7-9-11-16/h5,13-14,16H,1,6-12H2,2-4H3,(H,21,24)/t14-/m0/s1. The second kappa shape index (κ2) is 8.81. The molecule has 1 heterocycles. The van der Waals surface area contributed by atoms with E-state index in [0.29, 0.717) is 18.9 Å². The molecule has 0 aliphatic heterocycles. The zero-order valence-electron chi connectivity index (χ0n) is 15.2. The highest BCUT2D eigenvalue weighted by Gasteiger charge is 2.21. The molecule has 5 nitrogen and oxygen atoms in total. The van der Waals surface area contributed by atoms with Crippen molar-refractivity contribution in [2.24, 2.45) is 0 Å². The Hall–Kier alpha value is -1.91. The van der Waals surface area contributed by atoms with Crippen molar-refractivity contribution < 1.29 is 4.79 Å². The first-order valence-electron chi connectivity index (χ1n) is 8.99. The van der Waals surface area contributed by atoms with E-state index in [1.54, 1.807) is 6.08 Å². The first kappa shape index (κ1) is 18.4. The minimum atomic E-state index is -0.0867. The fraction of sp³-hybridized carbons (Fsp3) is 0.632. The summed E-state index contributed by atoms with van der Waals surface area (Å²) in [6.07, 6.45) is 11.1. The number of anilines is 1. The Morgan fingerprint density at radius 3 is 2.79 bits per heavy atom. The van der Waals surface area contributed by atoms with E-state index in [9.17, 15) is 4.79 Å². The third-order valence-electron chi connectivity index (χ3n) is 4.86. The monoisotopic (exact) mass is 330 g/mol. The molecule has 1 aromatic rings. The fourth-order valence-electron chi connectivity index (χ4n) is 3.32. The molecule has 2 rings (SSSR count). The Balaban J connectivity index is 2.02. The van der Waals surface area contributed by atoms with Crippen molar-refractivity contribution in [1.29, 1.82) is 0 Å². The Bertz CT molecular complexity index is 566. The molecule has 1 aromatic heterocycles. The van der Waals surface area contributed by atoms with Gasteiger partial charge in [-0.2, -0.15) is 0 Å². The molecule has 0 unspecified atom stereocenters. The number of nitrogens with one attached hydrogen (secondary N) is 1. The van der Waals surface area contributed by atoms with Gasteiger partial charge in [0.1, 0.15) is 0 Å². The van der Waals surface area contributed by atoms with E-state index in [0.717, 1.165) is 17.2 Å². The molecule has 0 saturated heterocycles. The number of amides is 1. The molecule has 1 saturated carbocycles. The summed E-state index contributed by atoms with van der Waals surface area (Å²) in [5, 5.41) is 3.00. The van der Waals surface area contributed by atoms with Crippen molar-refractivity contribution >= 4 is 11.9 Å². The Morgan fingerprint density at radius 2 is 2.17 bits per heavy atom. The van der Waals surface area contributed by atoms with Crippen molar-refractivity contribution in [1.82, 2.24) is 15.3 Å². The lowest BCUT2D eigenvalue weighted by molar-refractivity contribution is -0.121. The smallest absolute Gasteiger partial charge is 0.225 e. The van der Waals surface area contributed by atoms with Gasteiger partial charge < -0.3 is 10.2 Å². The molecule has 1 aliphatic carbocycles. The lowest BCUT2D eigenvalue weighted by Crippen LogP contribution is -2.35. The molecular formula is C19H30N4O. The quantitative estimate of drug-likeness (QED) is 0.775. The van der Waals surface area contributed by atoms with Crippen molar-refractivity contribution in [3.05, 3.63) is 30.1 Å². The minimum Gasteiger partial charge on any atom is -0.349 e. The van der Waals surface area contributed by atoms with Crippen LogP contribution in [0.25, 0.3) is 0 Å². The summed E-state index contributed by atoms with van der Waals surface area (Å²) < 4.78 is 0. The van der Waals surface area contributed by atoms with Gasteiger partial charge in [0.15, 0.2) is 0 Å². The third kappa shape index (κ3) is 4.79. The van der Waals surface area contributed by atoms with E-state index >= 15 is 0 Å². The maximum absolute atomic E-state index is 11.9. The normalized spacial score (nSPS) is 16.5. The van der Waals surface area contributed by atoms with E-state index in [-0.39, 0.29) is 11.9 Å². The maximum atomic E-state index is 11.9. The third-order valence-corrected chi connectivity index (χ3v) is 4.86. The van der Waals surface area contributed by atoms with Crippen LogP contribution in [0.2, 0.25) is 0 Å². The Labute approximate surface area is 145 Å². The van der Waals surface area contributed by atoms with Gasteiger partial charge in [-0.3, -0.25) is 4.79 Å². The number of carbonyl (C=O) groups excluding carboxylic acids is 1. The molecule has 0 radical (unpaired) electrons. The van der Waals surface area contributed by atoms with Crippen LogP contribution in [0.4, 0.5) is 5.95 Å². The van der Waals surface area contributed by atoms with Crippen LogP contribution in [-0.4, -0.2) is 29.0 Å². The number of aryl methyl sites for hydroxylation is 1. The summed E-state index contributed by atoms with van der Waals surface area (Å²) in [5.41, 5.74) is 1.90. The number of hydrogen-bond donors (Lipinski definition) is 1. The molecule has 1 aliphatic rings. The fourth-order valence-corrected chi connectivity index (χ4v) is 3.32. The van der Waals surface area contributed by atoms with Crippen LogP contribution in [0.1, 0.15) is 69.2 Å². The Morgan fingerprint density at radius 1 is 1.46 bits per heavy atom. The number of aromatic nitrogens is 2. The number of carbonyl (C=O) groups is 1. The van der Waals surface area contributed by atoms with Gasteiger partial charge >= 0.3 is 0 Å².